The van der Waals surface area contributed by atoms with Crippen LogP contribution in [-0.4, -0.2) is 10.1 Å². The van der Waals surface area contributed by atoms with Crippen molar-refractivity contribution >= 4 is 0 Å². The van der Waals surface area contributed by atoms with Crippen molar-refractivity contribution in [3.05, 3.63) is 53.6 Å². The third-order valence-corrected chi connectivity index (χ3v) is 2.85. The summed E-state index contributed by atoms with van der Waals surface area (Å²) in [6, 6.07) is 8.02. The van der Waals surface area contributed by atoms with Crippen molar-refractivity contribution < 1.29 is 14.2 Å². The SMILES string of the molecule is CCC(O)c1ccc(Oc2ccc(F)c(C)c2)cn1. The van der Waals surface area contributed by atoms with Gasteiger partial charge < -0.3 is 9.84 Å². The van der Waals surface area contributed by atoms with Crippen molar-refractivity contribution in [2.24, 2.45) is 0 Å². The fraction of sp³-hybridized carbons (Fsp3) is 0.267. The zero-order valence-electron chi connectivity index (χ0n) is 10.9. The van der Waals surface area contributed by atoms with Gasteiger partial charge in [0, 0.05) is 0 Å². The van der Waals surface area contributed by atoms with Crippen LogP contribution in [0.4, 0.5) is 4.39 Å². The molecule has 0 amide bonds. The summed E-state index contributed by atoms with van der Waals surface area (Å²) in [6.45, 7) is 3.57. The molecular formula is C15H16FNO2. The van der Waals surface area contributed by atoms with Crippen LogP contribution in [0.3, 0.4) is 0 Å². The number of aliphatic hydroxyl groups excluding tert-OH is 1. The minimum atomic E-state index is -0.554. The number of benzene rings is 1. The van der Waals surface area contributed by atoms with E-state index in [1.165, 1.54) is 6.07 Å². The van der Waals surface area contributed by atoms with Gasteiger partial charge >= 0.3 is 0 Å². The van der Waals surface area contributed by atoms with Gasteiger partial charge in [0.2, 0.25) is 0 Å². The van der Waals surface area contributed by atoms with Crippen molar-refractivity contribution in [1.29, 1.82) is 0 Å². The molecule has 2 aromatic rings. The maximum absolute atomic E-state index is 13.1. The van der Waals surface area contributed by atoms with E-state index in [1.54, 1.807) is 37.4 Å². The molecule has 0 aliphatic rings. The van der Waals surface area contributed by atoms with Crippen molar-refractivity contribution in [2.45, 2.75) is 26.4 Å². The average Bonchev–Trinajstić information content (AvgIpc) is 2.43. The van der Waals surface area contributed by atoms with Crippen molar-refractivity contribution in [3.63, 3.8) is 0 Å². The van der Waals surface area contributed by atoms with Crippen LogP contribution in [0.2, 0.25) is 0 Å². The topological polar surface area (TPSA) is 42.4 Å². The van der Waals surface area contributed by atoms with Gasteiger partial charge in [0.05, 0.1) is 18.0 Å². The smallest absolute Gasteiger partial charge is 0.145 e. The number of rotatable bonds is 4. The molecule has 0 saturated carbocycles. The van der Waals surface area contributed by atoms with E-state index in [-0.39, 0.29) is 5.82 Å². The Morgan fingerprint density at radius 2 is 2.00 bits per heavy atom. The number of nitrogens with zero attached hydrogens (tertiary/aromatic N) is 1. The lowest BCUT2D eigenvalue weighted by molar-refractivity contribution is 0.169. The van der Waals surface area contributed by atoms with Gasteiger partial charge in [-0.2, -0.15) is 0 Å². The number of ether oxygens (including phenoxy) is 1. The van der Waals surface area contributed by atoms with Crippen LogP contribution in [0.15, 0.2) is 36.5 Å². The summed E-state index contributed by atoms with van der Waals surface area (Å²) in [5, 5.41) is 9.63. The van der Waals surface area contributed by atoms with E-state index in [4.69, 9.17) is 4.74 Å². The number of hydrogen-bond acceptors (Lipinski definition) is 3. The van der Waals surface area contributed by atoms with E-state index >= 15 is 0 Å². The van der Waals surface area contributed by atoms with Crippen molar-refractivity contribution in [3.8, 4) is 11.5 Å². The van der Waals surface area contributed by atoms with Crippen molar-refractivity contribution in [2.75, 3.05) is 0 Å². The summed E-state index contributed by atoms with van der Waals surface area (Å²) in [7, 11) is 0. The largest absolute Gasteiger partial charge is 0.456 e. The Balaban J connectivity index is 2.12. The maximum atomic E-state index is 13.1. The molecule has 1 N–H and O–H groups in total. The van der Waals surface area contributed by atoms with Crippen LogP contribution in [0, 0.1) is 12.7 Å². The van der Waals surface area contributed by atoms with E-state index in [0.717, 1.165) is 0 Å². The number of aliphatic hydroxyl groups is 1. The first-order chi connectivity index (χ1) is 9.10. The molecule has 100 valence electrons. The van der Waals surface area contributed by atoms with Gasteiger partial charge in [-0.1, -0.05) is 6.92 Å². The van der Waals surface area contributed by atoms with E-state index in [9.17, 15) is 9.50 Å². The lowest BCUT2D eigenvalue weighted by atomic mass is 10.2. The normalized spacial score (nSPS) is 12.2. The summed E-state index contributed by atoms with van der Waals surface area (Å²) in [5.74, 6) is 0.856. The van der Waals surface area contributed by atoms with Gasteiger partial charge in [-0.05, 0) is 49.2 Å². The molecule has 1 aromatic heterocycles. The Morgan fingerprint density at radius 3 is 2.58 bits per heavy atom. The molecule has 0 fully saturated rings. The zero-order chi connectivity index (χ0) is 13.8. The van der Waals surface area contributed by atoms with Gasteiger partial charge in [0.25, 0.3) is 0 Å². The third kappa shape index (κ3) is 3.29. The van der Waals surface area contributed by atoms with Crippen LogP contribution < -0.4 is 4.74 Å². The van der Waals surface area contributed by atoms with Crippen LogP contribution in [-0.2, 0) is 0 Å². The first-order valence-corrected chi connectivity index (χ1v) is 6.18. The minimum Gasteiger partial charge on any atom is -0.456 e. The van der Waals surface area contributed by atoms with Gasteiger partial charge in [-0.15, -0.1) is 0 Å². The number of pyridine rings is 1. The molecule has 0 saturated heterocycles. The van der Waals surface area contributed by atoms with E-state index in [0.29, 0.717) is 29.2 Å². The molecule has 4 heteroatoms. The number of hydrogen-bond donors (Lipinski definition) is 1. The molecule has 0 radical (unpaired) electrons. The van der Waals surface area contributed by atoms with Crippen LogP contribution >= 0.6 is 0 Å². The Labute approximate surface area is 111 Å². The molecule has 2 rings (SSSR count). The predicted molar refractivity (Wildman–Crippen MR) is 70.7 cm³/mol. The van der Waals surface area contributed by atoms with E-state index in [2.05, 4.69) is 4.98 Å². The molecule has 0 aliphatic carbocycles. The molecule has 0 bridgehead atoms. The van der Waals surface area contributed by atoms with Crippen LogP contribution in [0.1, 0.15) is 30.7 Å². The molecule has 1 aromatic carbocycles. The van der Waals surface area contributed by atoms with Crippen LogP contribution in [0.25, 0.3) is 0 Å². The minimum absolute atomic E-state index is 0.258. The third-order valence-electron chi connectivity index (χ3n) is 2.85. The highest BCUT2D eigenvalue weighted by Crippen LogP contribution is 2.24. The second-order valence-electron chi connectivity index (χ2n) is 4.36. The summed E-state index contributed by atoms with van der Waals surface area (Å²) in [6.07, 6.45) is 1.61. The zero-order valence-corrected chi connectivity index (χ0v) is 10.9. The summed E-state index contributed by atoms with van der Waals surface area (Å²) >= 11 is 0. The average molecular weight is 261 g/mol. The van der Waals surface area contributed by atoms with Gasteiger partial charge in [-0.25, -0.2) is 4.39 Å². The second-order valence-corrected chi connectivity index (χ2v) is 4.36. The fourth-order valence-electron chi connectivity index (χ4n) is 1.68. The van der Waals surface area contributed by atoms with E-state index < -0.39 is 6.10 Å². The Kier molecular flexibility index (Phi) is 4.12. The van der Waals surface area contributed by atoms with Crippen LogP contribution in [0.5, 0.6) is 11.5 Å². The predicted octanol–water partition coefficient (Wildman–Crippen LogP) is 3.76. The molecule has 1 atom stereocenters. The Hall–Kier alpha value is -1.94. The Bertz CT molecular complexity index is 555. The number of aryl methyl sites for hydroxylation is 1. The first kappa shape index (κ1) is 13.5. The molecule has 0 spiro atoms. The standard InChI is InChI=1S/C15H16FNO2/c1-3-15(18)14-7-5-12(9-17-14)19-11-4-6-13(16)10(2)8-11/h4-9,15,18H,3H2,1-2H3. The van der Waals surface area contributed by atoms with Gasteiger partial charge in [0.15, 0.2) is 0 Å². The molecular weight excluding hydrogens is 245 g/mol. The number of aromatic nitrogens is 1. The highest BCUT2D eigenvalue weighted by molar-refractivity contribution is 5.33. The highest BCUT2D eigenvalue weighted by Gasteiger charge is 2.07. The fourth-order valence-corrected chi connectivity index (χ4v) is 1.68. The molecule has 0 aliphatic heterocycles. The molecule has 1 heterocycles. The lowest BCUT2D eigenvalue weighted by Gasteiger charge is -2.09. The second kappa shape index (κ2) is 5.80. The molecule has 1 unspecified atom stereocenters. The van der Waals surface area contributed by atoms with E-state index in [1.807, 2.05) is 6.92 Å². The van der Waals surface area contributed by atoms with Gasteiger partial charge in [-0.3, -0.25) is 4.98 Å². The molecule has 19 heavy (non-hydrogen) atoms. The number of halogens is 1. The highest BCUT2D eigenvalue weighted by atomic mass is 19.1. The monoisotopic (exact) mass is 261 g/mol. The summed E-state index contributed by atoms with van der Waals surface area (Å²) in [5.41, 5.74) is 1.15. The lowest BCUT2D eigenvalue weighted by Crippen LogP contribution is -1.98. The maximum Gasteiger partial charge on any atom is 0.145 e. The molecule has 3 nitrogen and oxygen atoms in total. The quantitative estimate of drug-likeness (QED) is 0.911. The summed E-state index contributed by atoms with van der Waals surface area (Å²) in [4.78, 5) is 4.14. The first-order valence-electron chi connectivity index (χ1n) is 6.18. The van der Waals surface area contributed by atoms with Crippen molar-refractivity contribution in [1.82, 2.24) is 4.98 Å². The Morgan fingerprint density at radius 1 is 1.26 bits per heavy atom. The van der Waals surface area contributed by atoms with Gasteiger partial charge in [0.1, 0.15) is 17.3 Å². The summed E-state index contributed by atoms with van der Waals surface area (Å²) < 4.78 is 18.7.